The van der Waals surface area contributed by atoms with E-state index in [0.717, 1.165) is 0 Å². The molecule has 0 atom stereocenters. The van der Waals surface area contributed by atoms with Crippen molar-refractivity contribution in [3.8, 4) is 17.1 Å². The average molecular weight is 396 g/mol. The molecule has 0 fully saturated rings. The highest BCUT2D eigenvalue weighted by molar-refractivity contribution is 6.03. The second-order valence-electron chi connectivity index (χ2n) is 7.42. The molecular weight excluding hydrogens is 383 g/mol. The summed E-state index contributed by atoms with van der Waals surface area (Å²) in [5.74, 6) is -10.7. The smallest absolute Gasteiger partial charge is 0.200 e. The summed E-state index contributed by atoms with van der Waals surface area (Å²) in [6, 6.07) is 3.01. The van der Waals surface area contributed by atoms with Crippen LogP contribution in [0.4, 0.5) is 22.0 Å². The second-order valence-corrected chi connectivity index (χ2v) is 7.42. The van der Waals surface area contributed by atoms with Crippen LogP contribution >= 0.6 is 0 Å². The Labute approximate surface area is 155 Å². The van der Waals surface area contributed by atoms with Gasteiger partial charge in [-0.2, -0.15) is 5.10 Å². The number of benzene rings is 1. The first-order valence-corrected chi connectivity index (χ1v) is 8.33. The molecule has 2 aromatic heterocycles. The van der Waals surface area contributed by atoms with E-state index < -0.39 is 40.2 Å². The van der Waals surface area contributed by atoms with Crippen LogP contribution in [0.2, 0.25) is 0 Å². The summed E-state index contributed by atoms with van der Waals surface area (Å²) in [6.45, 7) is 3.52. The maximum Gasteiger partial charge on any atom is 0.200 e. The zero-order valence-corrected chi connectivity index (χ0v) is 14.7. The Kier molecular flexibility index (Phi) is 3.95. The van der Waals surface area contributed by atoms with Crippen molar-refractivity contribution in [2.24, 2.45) is 5.41 Å². The van der Waals surface area contributed by atoms with Gasteiger partial charge in [0.1, 0.15) is 11.4 Å². The maximum absolute atomic E-state index is 14.4. The standard InChI is InChI=1S/C19H13F5N2O2/c1-19(2)6-8-11(9(27)7-19)17(10-4-3-5-28-10)25-26(8)18-15(23)13(21)12(20)14(22)16(18)24/h3-5H,6-7H2,1-2H3. The number of halogens is 5. The number of carbonyl (C=O) groups excluding carboxylic acids is 1. The van der Waals surface area contributed by atoms with Crippen LogP contribution in [0.3, 0.4) is 0 Å². The van der Waals surface area contributed by atoms with Crippen LogP contribution in [0, 0.1) is 34.5 Å². The minimum Gasteiger partial charge on any atom is -0.463 e. The van der Waals surface area contributed by atoms with Crippen LogP contribution in [0.25, 0.3) is 17.1 Å². The molecule has 3 aromatic rings. The number of nitrogens with zero attached hydrogens (tertiary/aromatic N) is 2. The van der Waals surface area contributed by atoms with Crippen LogP contribution in [0.5, 0.6) is 0 Å². The molecule has 0 aliphatic heterocycles. The molecule has 9 heteroatoms. The SMILES string of the molecule is CC1(C)CC(=O)c2c(-c3ccco3)nn(-c3c(F)c(F)c(F)c(F)c3F)c2C1. The van der Waals surface area contributed by atoms with Gasteiger partial charge >= 0.3 is 0 Å². The molecule has 1 aliphatic carbocycles. The predicted molar refractivity (Wildman–Crippen MR) is 87.5 cm³/mol. The van der Waals surface area contributed by atoms with E-state index in [1.807, 2.05) is 0 Å². The highest BCUT2D eigenvalue weighted by atomic mass is 19.2. The van der Waals surface area contributed by atoms with E-state index >= 15 is 0 Å². The maximum atomic E-state index is 14.4. The summed E-state index contributed by atoms with van der Waals surface area (Å²) in [5.41, 5.74) is -1.71. The average Bonchev–Trinajstić information content (AvgIpc) is 3.26. The fourth-order valence-corrected chi connectivity index (χ4v) is 3.50. The lowest BCUT2D eigenvalue weighted by atomic mass is 9.75. The Hall–Kier alpha value is -2.97. The lowest BCUT2D eigenvalue weighted by Gasteiger charge is -2.29. The van der Waals surface area contributed by atoms with Crippen molar-refractivity contribution in [2.45, 2.75) is 26.7 Å². The number of ketones is 1. The van der Waals surface area contributed by atoms with Crippen molar-refractivity contribution in [3.05, 3.63) is 58.7 Å². The lowest BCUT2D eigenvalue weighted by molar-refractivity contribution is 0.0911. The third kappa shape index (κ3) is 2.56. The molecule has 28 heavy (non-hydrogen) atoms. The Balaban J connectivity index is 2.08. The van der Waals surface area contributed by atoms with Crippen molar-refractivity contribution < 1.29 is 31.2 Å². The van der Waals surface area contributed by atoms with E-state index in [1.54, 1.807) is 13.8 Å². The largest absolute Gasteiger partial charge is 0.463 e. The zero-order valence-electron chi connectivity index (χ0n) is 14.7. The minimum absolute atomic E-state index is 0.00978. The predicted octanol–water partition coefficient (Wildman–Crippen LogP) is 4.98. The summed E-state index contributed by atoms with van der Waals surface area (Å²) >= 11 is 0. The molecule has 4 rings (SSSR count). The van der Waals surface area contributed by atoms with Crippen LogP contribution in [-0.4, -0.2) is 15.6 Å². The number of carbonyl (C=O) groups is 1. The van der Waals surface area contributed by atoms with Crippen molar-refractivity contribution in [3.63, 3.8) is 0 Å². The van der Waals surface area contributed by atoms with Gasteiger partial charge in [-0.15, -0.1) is 0 Å². The molecule has 0 saturated heterocycles. The number of rotatable bonds is 2. The Bertz CT molecular complexity index is 1090. The quantitative estimate of drug-likeness (QED) is 0.349. The summed E-state index contributed by atoms with van der Waals surface area (Å²) < 4.78 is 75.6. The van der Waals surface area contributed by atoms with Gasteiger partial charge in [0.25, 0.3) is 0 Å². The number of hydrogen-bond acceptors (Lipinski definition) is 3. The molecular formula is C19H13F5N2O2. The van der Waals surface area contributed by atoms with Gasteiger partial charge in [0, 0.05) is 6.42 Å². The molecule has 1 aromatic carbocycles. The molecule has 0 N–H and O–H groups in total. The molecule has 0 radical (unpaired) electrons. The molecule has 0 amide bonds. The van der Waals surface area contributed by atoms with Gasteiger partial charge in [-0.3, -0.25) is 4.79 Å². The first kappa shape index (κ1) is 18.4. The Morgan fingerprint density at radius 3 is 2.18 bits per heavy atom. The van der Waals surface area contributed by atoms with Gasteiger partial charge < -0.3 is 4.42 Å². The molecule has 0 spiro atoms. The summed E-state index contributed by atoms with van der Waals surface area (Å²) in [6.07, 6.45) is 1.59. The van der Waals surface area contributed by atoms with E-state index in [4.69, 9.17) is 4.42 Å². The van der Waals surface area contributed by atoms with Crippen molar-refractivity contribution >= 4 is 5.78 Å². The number of fused-ring (bicyclic) bond motifs is 1. The number of Topliss-reactive ketones (excluding diaryl/α,β-unsaturated/α-hetero) is 1. The molecule has 0 unspecified atom stereocenters. The first-order valence-electron chi connectivity index (χ1n) is 8.33. The van der Waals surface area contributed by atoms with Crippen molar-refractivity contribution in [1.82, 2.24) is 9.78 Å². The highest BCUT2D eigenvalue weighted by Gasteiger charge is 2.39. The lowest BCUT2D eigenvalue weighted by Crippen LogP contribution is -2.28. The second kappa shape index (κ2) is 6.02. The molecule has 0 saturated carbocycles. The van der Waals surface area contributed by atoms with Gasteiger partial charge in [0.2, 0.25) is 5.82 Å². The van der Waals surface area contributed by atoms with E-state index in [-0.39, 0.29) is 41.3 Å². The first-order chi connectivity index (χ1) is 13.1. The van der Waals surface area contributed by atoms with Gasteiger partial charge in [-0.05, 0) is 24.0 Å². The third-order valence-electron chi connectivity index (χ3n) is 4.70. The van der Waals surface area contributed by atoms with Gasteiger partial charge in [-0.1, -0.05) is 13.8 Å². The van der Waals surface area contributed by atoms with Crippen LogP contribution in [0.1, 0.15) is 36.3 Å². The Morgan fingerprint density at radius 2 is 1.61 bits per heavy atom. The zero-order chi connectivity index (χ0) is 20.4. The van der Waals surface area contributed by atoms with Crippen LogP contribution in [-0.2, 0) is 6.42 Å². The summed E-state index contributed by atoms with van der Waals surface area (Å²) in [7, 11) is 0. The fourth-order valence-electron chi connectivity index (χ4n) is 3.50. The van der Waals surface area contributed by atoms with Crippen molar-refractivity contribution in [1.29, 1.82) is 0 Å². The van der Waals surface area contributed by atoms with Gasteiger partial charge in [-0.25, -0.2) is 26.6 Å². The van der Waals surface area contributed by atoms with E-state index in [1.165, 1.54) is 18.4 Å². The molecule has 2 heterocycles. The summed E-state index contributed by atoms with van der Waals surface area (Å²) in [4.78, 5) is 12.7. The minimum atomic E-state index is -2.26. The molecule has 4 nitrogen and oxygen atoms in total. The van der Waals surface area contributed by atoms with Crippen LogP contribution in [0.15, 0.2) is 22.8 Å². The molecule has 1 aliphatic rings. The normalized spacial score (nSPS) is 15.8. The fraction of sp³-hybridized carbons (Fsp3) is 0.263. The van der Waals surface area contributed by atoms with E-state index in [0.29, 0.717) is 4.68 Å². The van der Waals surface area contributed by atoms with Gasteiger partial charge in [0.05, 0.1) is 17.5 Å². The topological polar surface area (TPSA) is 48.0 Å². The van der Waals surface area contributed by atoms with E-state index in [9.17, 15) is 26.7 Å². The molecule has 0 bridgehead atoms. The van der Waals surface area contributed by atoms with E-state index in [2.05, 4.69) is 5.10 Å². The number of aromatic nitrogens is 2. The highest BCUT2D eigenvalue weighted by Crippen LogP contribution is 2.41. The summed E-state index contributed by atoms with van der Waals surface area (Å²) in [5, 5.41) is 4.02. The number of hydrogen-bond donors (Lipinski definition) is 0. The molecule has 146 valence electrons. The Morgan fingerprint density at radius 1 is 1.00 bits per heavy atom. The number of furan rings is 1. The third-order valence-corrected chi connectivity index (χ3v) is 4.70. The monoisotopic (exact) mass is 396 g/mol. The van der Waals surface area contributed by atoms with Crippen molar-refractivity contribution in [2.75, 3.05) is 0 Å². The van der Waals surface area contributed by atoms with Crippen LogP contribution < -0.4 is 0 Å². The van der Waals surface area contributed by atoms with Gasteiger partial charge in [0.15, 0.2) is 34.8 Å².